The summed E-state index contributed by atoms with van der Waals surface area (Å²) in [6.07, 6.45) is -0.499. The molecule has 2 aromatic carbocycles. The monoisotopic (exact) mass is 333 g/mol. The Labute approximate surface area is 138 Å². The molecule has 6 heteroatoms. The summed E-state index contributed by atoms with van der Waals surface area (Å²) in [6.45, 7) is 1.45. The molecular weight excluding hydrogens is 316 g/mol. The zero-order valence-electron chi connectivity index (χ0n) is 13.1. The quantitative estimate of drug-likeness (QED) is 0.824. The van der Waals surface area contributed by atoms with Gasteiger partial charge in [0.2, 0.25) is 0 Å². The van der Waals surface area contributed by atoms with E-state index in [2.05, 4.69) is 5.32 Å². The van der Waals surface area contributed by atoms with Crippen molar-refractivity contribution in [2.45, 2.75) is 25.9 Å². The molecule has 0 bridgehead atoms. The molecule has 1 amide bonds. The lowest BCUT2D eigenvalue weighted by Crippen LogP contribution is -2.30. The van der Waals surface area contributed by atoms with Crippen molar-refractivity contribution in [1.29, 1.82) is 0 Å². The number of nitrogens with one attached hydrogen (secondary N) is 1. The maximum atomic E-state index is 12.8. The highest BCUT2D eigenvalue weighted by atomic mass is 19.1. The molecule has 0 aliphatic heterocycles. The van der Waals surface area contributed by atoms with E-state index < -0.39 is 23.8 Å². The normalized spacial score (nSPS) is 11.6. The Morgan fingerprint density at radius 1 is 1.00 bits per heavy atom. The van der Waals surface area contributed by atoms with Crippen molar-refractivity contribution >= 4 is 17.6 Å². The lowest BCUT2D eigenvalue weighted by atomic mass is 10.1. The first kappa shape index (κ1) is 17.6. The van der Waals surface area contributed by atoms with Crippen LogP contribution in [0.3, 0.4) is 0 Å². The Balaban J connectivity index is 1.78. The molecule has 0 saturated carbocycles. The largest absolute Gasteiger partial charge is 0.453 e. The van der Waals surface area contributed by atoms with Gasteiger partial charge in [-0.05, 0) is 55.3 Å². The van der Waals surface area contributed by atoms with Gasteiger partial charge < -0.3 is 10.1 Å². The van der Waals surface area contributed by atoms with Crippen molar-refractivity contribution in [3.63, 3.8) is 0 Å². The van der Waals surface area contributed by atoms with Crippen LogP contribution in [0, 0.1) is 11.6 Å². The number of aryl methyl sites for hydroxylation is 1. The average Bonchev–Trinajstić information content (AvgIpc) is 2.56. The fraction of sp³-hybridized carbons (Fsp3) is 0.222. The number of carbonyl (C=O) groups excluding carboxylic acids is 2. The SMILES string of the molecule is C[C@H](OC(=O)CCc1ccc(F)cc1)C(=O)Nc1ccc(F)cc1. The van der Waals surface area contributed by atoms with Crippen LogP contribution in [-0.2, 0) is 20.7 Å². The van der Waals surface area contributed by atoms with Gasteiger partial charge in [0.25, 0.3) is 5.91 Å². The summed E-state index contributed by atoms with van der Waals surface area (Å²) in [7, 11) is 0. The Kier molecular flexibility index (Phi) is 6.01. The summed E-state index contributed by atoms with van der Waals surface area (Å²) in [5, 5.41) is 2.53. The van der Waals surface area contributed by atoms with Crippen molar-refractivity contribution in [2.24, 2.45) is 0 Å². The summed E-state index contributed by atoms with van der Waals surface area (Å²) in [5.74, 6) is -1.78. The molecule has 0 fully saturated rings. The van der Waals surface area contributed by atoms with Gasteiger partial charge in [-0.25, -0.2) is 8.78 Å². The van der Waals surface area contributed by atoms with Gasteiger partial charge in [-0.15, -0.1) is 0 Å². The molecule has 0 radical (unpaired) electrons. The van der Waals surface area contributed by atoms with Gasteiger partial charge in [0.15, 0.2) is 6.10 Å². The van der Waals surface area contributed by atoms with Gasteiger partial charge in [0.05, 0.1) is 0 Å². The fourth-order valence-corrected chi connectivity index (χ4v) is 1.98. The third-order valence-electron chi connectivity index (χ3n) is 3.32. The molecule has 0 saturated heterocycles. The van der Waals surface area contributed by atoms with Crippen LogP contribution in [0.4, 0.5) is 14.5 Å². The maximum absolute atomic E-state index is 12.8. The van der Waals surface area contributed by atoms with Gasteiger partial charge in [-0.3, -0.25) is 9.59 Å². The van der Waals surface area contributed by atoms with Crippen LogP contribution in [0.15, 0.2) is 48.5 Å². The number of halogens is 2. The van der Waals surface area contributed by atoms with E-state index in [1.54, 1.807) is 12.1 Å². The first-order valence-electron chi connectivity index (χ1n) is 7.44. The third kappa shape index (κ3) is 5.46. The van der Waals surface area contributed by atoms with Gasteiger partial charge in [0, 0.05) is 12.1 Å². The van der Waals surface area contributed by atoms with E-state index in [1.165, 1.54) is 43.3 Å². The topological polar surface area (TPSA) is 55.4 Å². The van der Waals surface area contributed by atoms with Gasteiger partial charge in [-0.2, -0.15) is 0 Å². The molecule has 1 N–H and O–H groups in total. The van der Waals surface area contributed by atoms with Crippen molar-refractivity contribution in [1.82, 2.24) is 0 Å². The number of amides is 1. The number of anilines is 1. The predicted octanol–water partition coefficient (Wildman–Crippen LogP) is 3.47. The molecular formula is C18H17F2NO3. The average molecular weight is 333 g/mol. The molecule has 0 heterocycles. The Bertz CT molecular complexity index is 699. The minimum atomic E-state index is -0.976. The number of benzene rings is 2. The first-order chi connectivity index (χ1) is 11.4. The fourth-order valence-electron chi connectivity index (χ4n) is 1.98. The van der Waals surface area contributed by atoms with Crippen LogP contribution in [0.5, 0.6) is 0 Å². The summed E-state index contributed by atoms with van der Waals surface area (Å²) in [5.41, 5.74) is 1.22. The second kappa shape index (κ2) is 8.19. The van der Waals surface area contributed by atoms with E-state index in [4.69, 9.17) is 4.74 Å². The smallest absolute Gasteiger partial charge is 0.306 e. The molecule has 4 nitrogen and oxygen atoms in total. The zero-order valence-corrected chi connectivity index (χ0v) is 13.1. The van der Waals surface area contributed by atoms with Crippen molar-refractivity contribution in [3.8, 4) is 0 Å². The number of ether oxygens (including phenoxy) is 1. The molecule has 0 aliphatic rings. The summed E-state index contributed by atoms with van der Waals surface area (Å²) in [6, 6.07) is 11.1. The molecule has 2 aromatic rings. The molecule has 126 valence electrons. The summed E-state index contributed by atoms with van der Waals surface area (Å²) < 4.78 is 30.6. The second-order valence-corrected chi connectivity index (χ2v) is 5.25. The Morgan fingerprint density at radius 2 is 1.54 bits per heavy atom. The van der Waals surface area contributed by atoms with Gasteiger partial charge in [-0.1, -0.05) is 12.1 Å². The van der Waals surface area contributed by atoms with Crippen LogP contribution < -0.4 is 5.32 Å². The van der Waals surface area contributed by atoms with Crippen molar-refractivity contribution in [3.05, 3.63) is 65.7 Å². The van der Waals surface area contributed by atoms with E-state index in [-0.39, 0.29) is 12.2 Å². The molecule has 0 aromatic heterocycles. The van der Waals surface area contributed by atoms with Crippen molar-refractivity contribution in [2.75, 3.05) is 5.32 Å². The molecule has 24 heavy (non-hydrogen) atoms. The van der Waals surface area contributed by atoms with Crippen LogP contribution in [0.1, 0.15) is 18.9 Å². The highest BCUT2D eigenvalue weighted by molar-refractivity contribution is 5.95. The van der Waals surface area contributed by atoms with Crippen LogP contribution in [0.2, 0.25) is 0 Å². The minimum Gasteiger partial charge on any atom is -0.453 e. The van der Waals surface area contributed by atoms with E-state index >= 15 is 0 Å². The van der Waals surface area contributed by atoms with Crippen LogP contribution >= 0.6 is 0 Å². The Hall–Kier alpha value is -2.76. The molecule has 0 spiro atoms. The zero-order chi connectivity index (χ0) is 17.5. The minimum absolute atomic E-state index is 0.0831. The van der Waals surface area contributed by atoms with E-state index in [1.807, 2.05) is 0 Å². The van der Waals surface area contributed by atoms with Crippen LogP contribution in [0.25, 0.3) is 0 Å². The van der Waals surface area contributed by atoms with Gasteiger partial charge in [0.1, 0.15) is 11.6 Å². The third-order valence-corrected chi connectivity index (χ3v) is 3.32. The molecule has 1 atom stereocenters. The van der Waals surface area contributed by atoms with Gasteiger partial charge >= 0.3 is 5.97 Å². The highest BCUT2D eigenvalue weighted by Crippen LogP contribution is 2.10. The van der Waals surface area contributed by atoms with E-state index in [0.717, 1.165) is 5.56 Å². The predicted molar refractivity (Wildman–Crippen MR) is 85.3 cm³/mol. The lowest BCUT2D eigenvalue weighted by Gasteiger charge is -2.13. The lowest BCUT2D eigenvalue weighted by molar-refractivity contribution is -0.153. The second-order valence-electron chi connectivity index (χ2n) is 5.25. The molecule has 0 unspecified atom stereocenters. The maximum Gasteiger partial charge on any atom is 0.306 e. The number of esters is 1. The number of carbonyl (C=O) groups is 2. The number of hydrogen-bond donors (Lipinski definition) is 1. The first-order valence-corrected chi connectivity index (χ1v) is 7.44. The summed E-state index contributed by atoms with van der Waals surface area (Å²) >= 11 is 0. The van der Waals surface area contributed by atoms with E-state index in [9.17, 15) is 18.4 Å². The standard InChI is InChI=1S/C18H17F2NO3/c1-12(18(23)21-16-9-7-15(20)8-10-16)24-17(22)11-4-13-2-5-14(19)6-3-13/h2-3,5-10,12H,4,11H2,1H3,(H,21,23)/t12-/m0/s1. The van der Waals surface area contributed by atoms with Crippen LogP contribution in [-0.4, -0.2) is 18.0 Å². The molecule has 0 aliphatic carbocycles. The molecule has 2 rings (SSSR count). The Morgan fingerprint density at radius 3 is 2.12 bits per heavy atom. The number of hydrogen-bond acceptors (Lipinski definition) is 3. The number of rotatable bonds is 6. The van der Waals surface area contributed by atoms with Crippen molar-refractivity contribution < 1.29 is 23.1 Å². The highest BCUT2D eigenvalue weighted by Gasteiger charge is 2.17. The summed E-state index contributed by atoms with van der Waals surface area (Å²) in [4.78, 5) is 23.7. The van der Waals surface area contributed by atoms with E-state index in [0.29, 0.717) is 12.1 Å².